The van der Waals surface area contributed by atoms with E-state index in [9.17, 15) is 0 Å². The molecule has 0 unspecified atom stereocenters. The van der Waals surface area contributed by atoms with Gasteiger partial charge in [0.2, 0.25) is 0 Å². The molecule has 0 saturated heterocycles. The van der Waals surface area contributed by atoms with E-state index in [-0.39, 0.29) is 0 Å². The zero-order valence-corrected chi connectivity index (χ0v) is 13.4. The first-order valence-corrected chi connectivity index (χ1v) is 7.27. The molecule has 0 saturated carbocycles. The van der Waals surface area contributed by atoms with Crippen molar-refractivity contribution in [1.82, 2.24) is 0 Å². The Bertz CT molecular complexity index is 414. The molecule has 0 fully saturated rings. The van der Waals surface area contributed by atoms with Crippen LogP contribution in [0.5, 0.6) is 11.5 Å². The van der Waals surface area contributed by atoms with Crippen molar-refractivity contribution >= 4 is 37.9 Å². The molecular weight excluding hydrogens is 348 g/mol. The zero-order valence-electron chi connectivity index (χ0n) is 10.2. The maximum atomic E-state index is 5.57. The highest BCUT2D eigenvalue weighted by molar-refractivity contribution is 9.10. The largest absolute Gasteiger partial charge is 0.492 e. The summed E-state index contributed by atoms with van der Waals surface area (Å²) >= 11 is 6.93. The molecule has 0 aliphatic heterocycles. The minimum atomic E-state index is 0.618. The Morgan fingerprint density at radius 1 is 1.41 bits per heavy atom. The Balaban J connectivity index is 3.19. The van der Waals surface area contributed by atoms with Gasteiger partial charge in [-0.05, 0) is 47.5 Å². The fourth-order valence-electron chi connectivity index (χ4n) is 1.46. The van der Waals surface area contributed by atoms with E-state index in [1.54, 1.807) is 7.11 Å². The van der Waals surface area contributed by atoms with Crippen LogP contribution in [0.15, 0.2) is 22.2 Å². The lowest BCUT2D eigenvalue weighted by Gasteiger charge is -2.12. The van der Waals surface area contributed by atoms with E-state index in [2.05, 4.69) is 44.9 Å². The standard InChI is InChI=1S/C13H16Br2O2/c1-4-17-12-7-10(5-9(2)8-14)6-11(15)13(12)16-3/h5-7H,4,8H2,1-3H3. The summed E-state index contributed by atoms with van der Waals surface area (Å²) in [5, 5.41) is 0.862. The number of methoxy groups -OCH3 is 1. The summed E-state index contributed by atoms with van der Waals surface area (Å²) in [5.41, 5.74) is 2.35. The van der Waals surface area contributed by atoms with Crippen molar-refractivity contribution in [1.29, 1.82) is 0 Å². The molecule has 17 heavy (non-hydrogen) atoms. The summed E-state index contributed by atoms with van der Waals surface area (Å²) in [4.78, 5) is 0. The molecule has 1 aromatic carbocycles. The van der Waals surface area contributed by atoms with Crippen molar-refractivity contribution in [2.24, 2.45) is 0 Å². The maximum absolute atomic E-state index is 5.57. The van der Waals surface area contributed by atoms with Crippen LogP contribution in [0.25, 0.3) is 6.08 Å². The van der Waals surface area contributed by atoms with Gasteiger partial charge < -0.3 is 9.47 Å². The van der Waals surface area contributed by atoms with Crippen molar-refractivity contribution in [2.75, 3.05) is 19.0 Å². The van der Waals surface area contributed by atoms with Crippen LogP contribution < -0.4 is 9.47 Å². The first-order valence-electron chi connectivity index (χ1n) is 5.35. The van der Waals surface area contributed by atoms with Crippen LogP contribution in [0.3, 0.4) is 0 Å². The molecule has 2 nitrogen and oxygen atoms in total. The molecule has 0 heterocycles. The van der Waals surface area contributed by atoms with Crippen molar-refractivity contribution in [3.63, 3.8) is 0 Å². The maximum Gasteiger partial charge on any atom is 0.174 e. The van der Waals surface area contributed by atoms with E-state index in [0.29, 0.717) is 6.61 Å². The summed E-state index contributed by atoms with van der Waals surface area (Å²) < 4.78 is 11.8. The van der Waals surface area contributed by atoms with Gasteiger partial charge in [0.25, 0.3) is 0 Å². The van der Waals surface area contributed by atoms with E-state index in [4.69, 9.17) is 9.47 Å². The first-order chi connectivity index (χ1) is 8.12. The van der Waals surface area contributed by atoms with Crippen LogP contribution >= 0.6 is 31.9 Å². The SMILES string of the molecule is CCOc1cc(C=C(C)CBr)cc(Br)c1OC. The predicted molar refractivity (Wildman–Crippen MR) is 79.3 cm³/mol. The molecule has 0 aliphatic carbocycles. The molecule has 0 amide bonds. The number of benzene rings is 1. The van der Waals surface area contributed by atoms with Gasteiger partial charge >= 0.3 is 0 Å². The van der Waals surface area contributed by atoms with Gasteiger partial charge in [0, 0.05) is 5.33 Å². The van der Waals surface area contributed by atoms with Crippen molar-refractivity contribution in [3.8, 4) is 11.5 Å². The molecule has 0 N–H and O–H groups in total. The normalized spacial score (nSPS) is 11.5. The smallest absolute Gasteiger partial charge is 0.174 e. The molecule has 1 rings (SSSR count). The molecule has 0 bridgehead atoms. The number of hydrogen-bond donors (Lipinski definition) is 0. The molecule has 0 radical (unpaired) electrons. The lowest BCUT2D eigenvalue weighted by molar-refractivity contribution is 0.310. The van der Waals surface area contributed by atoms with E-state index in [1.807, 2.05) is 19.1 Å². The second-order valence-electron chi connectivity index (χ2n) is 3.59. The van der Waals surface area contributed by atoms with Crippen LogP contribution in [-0.4, -0.2) is 19.0 Å². The van der Waals surface area contributed by atoms with E-state index in [0.717, 1.165) is 26.9 Å². The lowest BCUT2D eigenvalue weighted by Crippen LogP contribution is -1.96. The number of rotatable bonds is 5. The second kappa shape index (κ2) is 7.07. The molecule has 0 aromatic heterocycles. The Morgan fingerprint density at radius 2 is 2.12 bits per heavy atom. The van der Waals surface area contributed by atoms with Crippen LogP contribution in [0, 0.1) is 0 Å². The van der Waals surface area contributed by atoms with Gasteiger partial charge in [-0.25, -0.2) is 0 Å². The molecule has 0 atom stereocenters. The minimum absolute atomic E-state index is 0.618. The lowest BCUT2D eigenvalue weighted by atomic mass is 10.1. The van der Waals surface area contributed by atoms with Gasteiger partial charge in [-0.15, -0.1) is 0 Å². The van der Waals surface area contributed by atoms with E-state index >= 15 is 0 Å². The van der Waals surface area contributed by atoms with Gasteiger partial charge in [-0.2, -0.15) is 0 Å². The summed E-state index contributed by atoms with van der Waals surface area (Å²) in [6.07, 6.45) is 2.11. The Hall–Kier alpha value is -0.480. The molecule has 1 aromatic rings. The average Bonchev–Trinajstić information content (AvgIpc) is 2.29. The van der Waals surface area contributed by atoms with Gasteiger partial charge in [-0.3, -0.25) is 0 Å². The summed E-state index contributed by atoms with van der Waals surface area (Å²) in [5.74, 6) is 1.50. The van der Waals surface area contributed by atoms with Crippen LogP contribution in [0.2, 0.25) is 0 Å². The Kier molecular flexibility index (Phi) is 6.06. The Labute approximate surface area is 119 Å². The van der Waals surface area contributed by atoms with Crippen molar-refractivity contribution < 1.29 is 9.47 Å². The monoisotopic (exact) mass is 362 g/mol. The molecular formula is C13H16Br2O2. The summed E-state index contributed by atoms with van der Waals surface area (Å²) in [6, 6.07) is 4.01. The number of alkyl halides is 1. The number of allylic oxidation sites excluding steroid dienone is 1. The van der Waals surface area contributed by atoms with Gasteiger partial charge in [0.1, 0.15) is 0 Å². The fraction of sp³-hybridized carbons (Fsp3) is 0.385. The number of halogens is 2. The topological polar surface area (TPSA) is 18.5 Å². The molecule has 94 valence electrons. The van der Waals surface area contributed by atoms with E-state index < -0.39 is 0 Å². The van der Waals surface area contributed by atoms with Crippen molar-refractivity contribution in [2.45, 2.75) is 13.8 Å². The Morgan fingerprint density at radius 3 is 2.65 bits per heavy atom. The highest BCUT2D eigenvalue weighted by Gasteiger charge is 2.10. The fourth-order valence-corrected chi connectivity index (χ4v) is 2.24. The third kappa shape index (κ3) is 4.03. The third-order valence-electron chi connectivity index (χ3n) is 2.16. The predicted octanol–water partition coefficient (Wildman–Crippen LogP) is 4.65. The molecule has 0 aliphatic rings. The zero-order chi connectivity index (χ0) is 12.8. The van der Waals surface area contributed by atoms with Crippen molar-refractivity contribution in [3.05, 3.63) is 27.7 Å². The second-order valence-corrected chi connectivity index (χ2v) is 5.01. The third-order valence-corrected chi connectivity index (χ3v) is 3.63. The number of ether oxygens (including phenoxy) is 2. The average molecular weight is 364 g/mol. The van der Waals surface area contributed by atoms with Crippen LogP contribution in [0.4, 0.5) is 0 Å². The van der Waals surface area contributed by atoms with E-state index in [1.165, 1.54) is 5.57 Å². The van der Waals surface area contributed by atoms with Gasteiger partial charge in [0.05, 0.1) is 18.2 Å². The summed E-state index contributed by atoms with van der Waals surface area (Å²) in [7, 11) is 1.64. The first kappa shape index (κ1) is 14.6. The quantitative estimate of drug-likeness (QED) is 0.708. The number of hydrogen-bond acceptors (Lipinski definition) is 2. The van der Waals surface area contributed by atoms with Crippen LogP contribution in [-0.2, 0) is 0 Å². The molecule has 4 heteroatoms. The van der Waals surface area contributed by atoms with Gasteiger partial charge in [0.15, 0.2) is 11.5 Å². The summed E-state index contributed by atoms with van der Waals surface area (Å²) in [6.45, 7) is 4.65. The van der Waals surface area contributed by atoms with Gasteiger partial charge in [-0.1, -0.05) is 27.6 Å². The minimum Gasteiger partial charge on any atom is -0.492 e. The molecule has 0 spiro atoms. The highest BCUT2D eigenvalue weighted by atomic mass is 79.9. The highest BCUT2D eigenvalue weighted by Crippen LogP contribution is 2.37. The van der Waals surface area contributed by atoms with Crippen LogP contribution in [0.1, 0.15) is 19.4 Å².